The third kappa shape index (κ3) is 3.85. The summed E-state index contributed by atoms with van der Waals surface area (Å²) in [6, 6.07) is 9.83. The Hall–Kier alpha value is -2.12. The van der Waals surface area contributed by atoms with Crippen LogP contribution in [0, 0.1) is 13.8 Å². The van der Waals surface area contributed by atoms with Crippen LogP contribution in [0.3, 0.4) is 0 Å². The maximum atomic E-state index is 12.4. The summed E-state index contributed by atoms with van der Waals surface area (Å²) >= 11 is 2.79. The normalized spacial score (nSPS) is 12.1. The molecular formula is C17H17N3O2S2. The molecule has 0 bridgehead atoms. The van der Waals surface area contributed by atoms with Gasteiger partial charge in [0.25, 0.3) is 11.1 Å². The topological polar surface area (TPSA) is 68.0 Å². The Kier molecular flexibility index (Phi) is 5.01. The molecule has 24 heavy (non-hydrogen) atoms. The van der Waals surface area contributed by atoms with Crippen LogP contribution in [-0.2, 0) is 4.79 Å². The summed E-state index contributed by atoms with van der Waals surface area (Å²) in [6.45, 7) is 5.79. The Morgan fingerprint density at radius 1 is 1.29 bits per heavy atom. The Morgan fingerprint density at radius 3 is 2.88 bits per heavy atom. The highest BCUT2D eigenvalue weighted by Crippen LogP contribution is 2.29. The van der Waals surface area contributed by atoms with Crippen LogP contribution in [0.15, 0.2) is 45.4 Å². The number of amides is 1. The van der Waals surface area contributed by atoms with E-state index in [9.17, 15) is 4.79 Å². The van der Waals surface area contributed by atoms with E-state index in [1.807, 2.05) is 56.5 Å². The average molecular weight is 359 g/mol. The number of nitrogens with zero attached hydrogens (tertiary/aromatic N) is 2. The maximum absolute atomic E-state index is 12.4. The lowest BCUT2D eigenvalue weighted by Gasteiger charge is -2.12. The lowest BCUT2D eigenvalue weighted by Crippen LogP contribution is -2.22. The molecule has 3 rings (SSSR count). The predicted octanol–water partition coefficient (Wildman–Crippen LogP) is 4.53. The predicted molar refractivity (Wildman–Crippen MR) is 97.5 cm³/mol. The van der Waals surface area contributed by atoms with Gasteiger partial charge in [-0.25, -0.2) is 0 Å². The first-order chi connectivity index (χ1) is 11.5. The van der Waals surface area contributed by atoms with E-state index in [4.69, 9.17) is 4.42 Å². The molecule has 0 aliphatic carbocycles. The van der Waals surface area contributed by atoms with Gasteiger partial charge in [-0.15, -0.1) is 21.5 Å². The van der Waals surface area contributed by atoms with Gasteiger partial charge in [0.15, 0.2) is 0 Å². The fourth-order valence-electron chi connectivity index (χ4n) is 2.07. The molecule has 0 fully saturated rings. The third-order valence-corrected chi connectivity index (χ3v) is 5.23. The number of nitrogens with one attached hydrogen (secondary N) is 1. The van der Waals surface area contributed by atoms with Crippen molar-refractivity contribution >= 4 is 34.7 Å². The summed E-state index contributed by atoms with van der Waals surface area (Å²) in [7, 11) is 0. The van der Waals surface area contributed by atoms with Crippen LogP contribution < -0.4 is 5.32 Å². The Labute approximate surface area is 148 Å². The summed E-state index contributed by atoms with van der Waals surface area (Å²) < 4.78 is 5.61. The largest absolute Gasteiger partial charge is 0.410 e. The summed E-state index contributed by atoms with van der Waals surface area (Å²) in [5.74, 6) is 0.388. The molecule has 124 valence electrons. The quantitative estimate of drug-likeness (QED) is 0.678. The first-order valence-corrected chi connectivity index (χ1v) is 9.21. The molecule has 0 spiro atoms. The third-order valence-electron chi connectivity index (χ3n) is 3.44. The van der Waals surface area contributed by atoms with Gasteiger partial charge < -0.3 is 9.73 Å². The molecule has 0 aliphatic heterocycles. The summed E-state index contributed by atoms with van der Waals surface area (Å²) in [4.78, 5) is 13.3. The van der Waals surface area contributed by atoms with E-state index in [1.54, 1.807) is 0 Å². The monoisotopic (exact) mass is 359 g/mol. The molecule has 2 heterocycles. The van der Waals surface area contributed by atoms with Crippen LogP contribution in [0.25, 0.3) is 10.8 Å². The van der Waals surface area contributed by atoms with Crippen molar-refractivity contribution in [2.45, 2.75) is 31.2 Å². The van der Waals surface area contributed by atoms with Gasteiger partial charge in [-0.1, -0.05) is 30.0 Å². The van der Waals surface area contributed by atoms with E-state index in [0.29, 0.717) is 11.1 Å². The summed E-state index contributed by atoms with van der Waals surface area (Å²) in [6.07, 6.45) is 0. The molecule has 0 saturated heterocycles. The fourth-order valence-corrected chi connectivity index (χ4v) is 3.39. The summed E-state index contributed by atoms with van der Waals surface area (Å²) in [5.41, 5.74) is 2.97. The van der Waals surface area contributed by atoms with Gasteiger partial charge in [0.1, 0.15) is 0 Å². The van der Waals surface area contributed by atoms with Gasteiger partial charge in [0.05, 0.1) is 10.1 Å². The number of anilines is 1. The molecule has 5 nitrogen and oxygen atoms in total. The van der Waals surface area contributed by atoms with Crippen molar-refractivity contribution < 1.29 is 9.21 Å². The van der Waals surface area contributed by atoms with Gasteiger partial charge in [0.2, 0.25) is 5.91 Å². The average Bonchev–Trinajstić information content (AvgIpc) is 3.21. The second-order valence-electron chi connectivity index (χ2n) is 5.42. The fraction of sp³-hybridized carbons (Fsp3) is 0.235. The Morgan fingerprint density at radius 2 is 2.12 bits per heavy atom. The van der Waals surface area contributed by atoms with Crippen LogP contribution in [-0.4, -0.2) is 21.4 Å². The van der Waals surface area contributed by atoms with Gasteiger partial charge in [-0.2, -0.15) is 0 Å². The molecule has 1 aromatic carbocycles. The number of carbonyl (C=O) groups excluding carboxylic acids is 1. The first-order valence-electron chi connectivity index (χ1n) is 7.45. The highest BCUT2D eigenvalue weighted by Gasteiger charge is 2.19. The zero-order valence-electron chi connectivity index (χ0n) is 13.6. The number of aromatic nitrogens is 2. The number of benzene rings is 1. The van der Waals surface area contributed by atoms with Crippen LogP contribution in [0.4, 0.5) is 5.69 Å². The molecule has 1 amide bonds. The Balaban J connectivity index is 1.65. The van der Waals surface area contributed by atoms with Gasteiger partial charge in [0, 0.05) is 5.69 Å². The van der Waals surface area contributed by atoms with Gasteiger partial charge >= 0.3 is 0 Å². The van der Waals surface area contributed by atoms with Crippen molar-refractivity contribution in [2.75, 3.05) is 5.32 Å². The van der Waals surface area contributed by atoms with Crippen molar-refractivity contribution in [1.29, 1.82) is 0 Å². The van der Waals surface area contributed by atoms with Crippen LogP contribution >= 0.6 is 23.1 Å². The van der Waals surface area contributed by atoms with Crippen LogP contribution in [0.5, 0.6) is 0 Å². The van der Waals surface area contributed by atoms with Gasteiger partial charge in [-0.05, 0) is 49.4 Å². The molecule has 7 heteroatoms. The van der Waals surface area contributed by atoms with E-state index >= 15 is 0 Å². The first kappa shape index (κ1) is 16.7. The number of carbonyl (C=O) groups is 1. The highest BCUT2D eigenvalue weighted by molar-refractivity contribution is 8.00. The lowest BCUT2D eigenvalue weighted by atomic mass is 10.1. The molecule has 0 radical (unpaired) electrons. The molecule has 1 atom stereocenters. The molecule has 2 aromatic heterocycles. The number of hydrogen-bond acceptors (Lipinski definition) is 6. The number of hydrogen-bond donors (Lipinski definition) is 1. The van der Waals surface area contributed by atoms with E-state index in [2.05, 4.69) is 15.5 Å². The second-order valence-corrected chi connectivity index (χ2v) is 7.66. The second kappa shape index (κ2) is 7.19. The molecule has 0 aliphatic rings. The van der Waals surface area contributed by atoms with E-state index < -0.39 is 0 Å². The van der Waals surface area contributed by atoms with E-state index in [1.165, 1.54) is 23.1 Å². The van der Waals surface area contributed by atoms with Crippen molar-refractivity contribution in [3.63, 3.8) is 0 Å². The number of aryl methyl sites for hydroxylation is 2. The molecule has 1 N–H and O–H groups in total. The molecule has 1 unspecified atom stereocenters. The zero-order valence-corrected chi connectivity index (χ0v) is 15.2. The standard InChI is InChI=1S/C17H17N3O2S2/c1-10-6-7-11(2)13(9-10)18-15(21)12(3)24-17-20-19-16(22-17)14-5-4-8-23-14/h4-9,12H,1-3H3,(H,18,21). The lowest BCUT2D eigenvalue weighted by molar-refractivity contribution is -0.115. The minimum absolute atomic E-state index is 0.0930. The van der Waals surface area contributed by atoms with Crippen LogP contribution in [0.2, 0.25) is 0 Å². The molecule has 0 saturated carbocycles. The van der Waals surface area contributed by atoms with Crippen molar-refractivity contribution in [1.82, 2.24) is 10.2 Å². The number of rotatable bonds is 5. The van der Waals surface area contributed by atoms with Crippen LogP contribution in [0.1, 0.15) is 18.1 Å². The number of thiophene rings is 1. The van der Waals surface area contributed by atoms with Crippen molar-refractivity contribution in [2.24, 2.45) is 0 Å². The van der Waals surface area contributed by atoms with E-state index in [-0.39, 0.29) is 11.2 Å². The SMILES string of the molecule is Cc1ccc(C)c(NC(=O)C(C)Sc2nnc(-c3cccs3)o2)c1. The van der Waals surface area contributed by atoms with E-state index in [0.717, 1.165) is 21.7 Å². The smallest absolute Gasteiger partial charge is 0.277 e. The molecular weight excluding hydrogens is 342 g/mol. The summed E-state index contributed by atoms with van der Waals surface area (Å²) in [5, 5.41) is 13.0. The zero-order chi connectivity index (χ0) is 17.1. The minimum Gasteiger partial charge on any atom is -0.410 e. The Bertz CT molecular complexity index is 843. The van der Waals surface area contributed by atoms with Crippen molar-refractivity contribution in [3.8, 4) is 10.8 Å². The highest BCUT2D eigenvalue weighted by atomic mass is 32.2. The minimum atomic E-state index is -0.346. The van der Waals surface area contributed by atoms with Gasteiger partial charge in [-0.3, -0.25) is 4.79 Å². The number of thioether (sulfide) groups is 1. The maximum Gasteiger partial charge on any atom is 0.277 e. The van der Waals surface area contributed by atoms with Crippen molar-refractivity contribution in [3.05, 3.63) is 46.8 Å². The molecule has 3 aromatic rings.